The van der Waals surface area contributed by atoms with E-state index in [2.05, 4.69) is 6.92 Å². The molecule has 29 heavy (non-hydrogen) atoms. The predicted octanol–water partition coefficient (Wildman–Crippen LogP) is 8.40. The van der Waals surface area contributed by atoms with Crippen molar-refractivity contribution in [3.8, 4) is 0 Å². The maximum atomic E-state index is 13.2. The van der Waals surface area contributed by atoms with Crippen molar-refractivity contribution in [1.82, 2.24) is 0 Å². The summed E-state index contributed by atoms with van der Waals surface area (Å²) in [6, 6.07) is 0. The molecule has 0 heterocycles. The zero-order valence-corrected chi connectivity index (χ0v) is 21.5. The van der Waals surface area contributed by atoms with E-state index in [4.69, 9.17) is 13.8 Å². The van der Waals surface area contributed by atoms with Gasteiger partial charge in [0.2, 0.25) is 8.46 Å². The summed E-state index contributed by atoms with van der Waals surface area (Å²) in [6.45, 7) is 8.13. The molecule has 172 valence electrons. The van der Waals surface area contributed by atoms with Crippen molar-refractivity contribution in [3.05, 3.63) is 11.5 Å². The molecule has 1 unspecified atom stereocenters. The second-order valence-electron chi connectivity index (χ2n) is 6.87. The van der Waals surface area contributed by atoms with Crippen LogP contribution in [0.3, 0.4) is 0 Å². The molecule has 0 aromatic carbocycles. The van der Waals surface area contributed by atoms with E-state index in [1.807, 2.05) is 5.41 Å². The summed E-state index contributed by atoms with van der Waals surface area (Å²) in [5.41, 5.74) is 0. The molecule has 1 atom stereocenters. The Hall–Kier alpha value is 0.300. The van der Waals surface area contributed by atoms with Gasteiger partial charge in [-0.2, -0.15) is 0 Å². The van der Waals surface area contributed by atoms with Gasteiger partial charge in [-0.15, -0.1) is 11.8 Å². The Morgan fingerprint density at radius 1 is 0.828 bits per heavy atom. The fourth-order valence-electron chi connectivity index (χ4n) is 2.98. The van der Waals surface area contributed by atoms with Gasteiger partial charge in [-0.3, -0.25) is 9.13 Å². The van der Waals surface area contributed by atoms with Crippen LogP contribution < -0.4 is 0 Å². The molecule has 0 aliphatic rings. The summed E-state index contributed by atoms with van der Waals surface area (Å²) in [5.74, 6) is 0.971. The number of thioether (sulfide) groups is 1. The molecule has 0 spiro atoms. The van der Waals surface area contributed by atoms with Gasteiger partial charge in [0.05, 0.1) is 13.2 Å². The molecule has 0 fully saturated rings. The van der Waals surface area contributed by atoms with Gasteiger partial charge in [0.15, 0.2) is 0 Å². The third kappa shape index (κ3) is 12.1. The monoisotopic (exact) mass is 468 g/mol. The van der Waals surface area contributed by atoms with Crippen LogP contribution in [0, 0.1) is 0 Å². The molecular formula is C21H42O5P2S. The number of unbranched alkanes of at least 4 members (excludes halogenated alkanes) is 9. The van der Waals surface area contributed by atoms with E-state index in [0.717, 1.165) is 12.2 Å². The van der Waals surface area contributed by atoms with Crippen LogP contribution in [-0.4, -0.2) is 30.7 Å². The van der Waals surface area contributed by atoms with Crippen molar-refractivity contribution >= 4 is 27.8 Å². The third-order valence-electron chi connectivity index (χ3n) is 4.48. The Balaban J connectivity index is 4.32. The van der Waals surface area contributed by atoms with Crippen LogP contribution >= 0.6 is 27.8 Å². The Morgan fingerprint density at radius 2 is 1.34 bits per heavy atom. The predicted molar refractivity (Wildman–Crippen MR) is 126 cm³/mol. The van der Waals surface area contributed by atoms with Crippen molar-refractivity contribution in [2.24, 2.45) is 0 Å². The molecule has 5 nitrogen and oxygen atoms in total. The van der Waals surface area contributed by atoms with Gasteiger partial charge in [-0.05, 0) is 44.4 Å². The second kappa shape index (κ2) is 19.0. The van der Waals surface area contributed by atoms with Gasteiger partial charge in [0.1, 0.15) is 0 Å². The summed E-state index contributed by atoms with van der Waals surface area (Å²) in [6.07, 6.45) is 14.7. The lowest BCUT2D eigenvalue weighted by Gasteiger charge is -2.30. The fraction of sp³-hybridized carbons (Fsp3) is 0.905. The van der Waals surface area contributed by atoms with Crippen LogP contribution in [0.4, 0.5) is 0 Å². The average molecular weight is 469 g/mol. The Labute approximate surface area is 184 Å². The molecule has 0 amide bonds. The molecule has 0 bridgehead atoms. The lowest BCUT2D eigenvalue weighted by Crippen LogP contribution is -2.26. The van der Waals surface area contributed by atoms with Crippen molar-refractivity contribution in [2.45, 2.75) is 97.0 Å². The summed E-state index contributed by atoms with van der Waals surface area (Å²) in [4.78, 5) is 0. The highest BCUT2D eigenvalue weighted by Crippen LogP contribution is 2.66. The van der Waals surface area contributed by atoms with Crippen LogP contribution in [0.25, 0.3) is 0 Å². The Morgan fingerprint density at radius 3 is 1.79 bits per heavy atom. The van der Waals surface area contributed by atoms with E-state index < -0.39 is 21.1 Å². The van der Waals surface area contributed by atoms with E-state index in [9.17, 15) is 9.13 Å². The molecule has 8 heteroatoms. The first-order chi connectivity index (χ1) is 14.1. The molecule has 0 aromatic rings. The Bertz CT molecular complexity index is 466. The van der Waals surface area contributed by atoms with Crippen LogP contribution in [0.5, 0.6) is 0 Å². The molecule has 0 rings (SSSR count). The van der Waals surface area contributed by atoms with Gasteiger partial charge in [-0.25, -0.2) is 0 Å². The molecule has 0 aliphatic carbocycles. The van der Waals surface area contributed by atoms with Crippen LogP contribution in [0.15, 0.2) is 11.5 Å². The number of hydrogen-bond donors (Lipinski definition) is 0. The van der Waals surface area contributed by atoms with Gasteiger partial charge < -0.3 is 13.8 Å². The topological polar surface area (TPSA) is 61.8 Å². The summed E-state index contributed by atoms with van der Waals surface area (Å²) in [5, 5.41) is 0.234. The van der Waals surface area contributed by atoms with Crippen molar-refractivity contribution in [3.63, 3.8) is 0 Å². The minimum absolute atomic E-state index is 0.196. The van der Waals surface area contributed by atoms with Crippen LogP contribution in [0.1, 0.15) is 91.9 Å². The minimum atomic E-state index is -3.71. The molecule has 0 saturated carbocycles. The third-order valence-corrected chi connectivity index (χ3v) is 9.11. The quantitative estimate of drug-likeness (QED) is 0.124. The molecule has 0 aliphatic heterocycles. The van der Waals surface area contributed by atoms with E-state index in [1.165, 1.54) is 57.8 Å². The first-order valence-electron chi connectivity index (χ1n) is 11.2. The standard InChI is InChI=1S/C21H42O5P2S/c1-5-9-10-11-12-13-14-15-16-17-19-29-20-18-21(27-22,24-6-2)28(23,25-7-3)26-8-4/h18,20H,5-17,19H2,1-4H3. The highest BCUT2D eigenvalue weighted by Gasteiger charge is 2.52. The van der Waals surface area contributed by atoms with Gasteiger partial charge >= 0.3 is 7.60 Å². The van der Waals surface area contributed by atoms with E-state index in [0.29, 0.717) is 0 Å². The lowest BCUT2D eigenvalue weighted by atomic mass is 10.1. The highest BCUT2D eigenvalue weighted by molar-refractivity contribution is 8.02. The highest BCUT2D eigenvalue weighted by atomic mass is 32.2. The van der Waals surface area contributed by atoms with Crippen LogP contribution in [-0.2, 0) is 22.9 Å². The molecule has 0 saturated heterocycles. The maximum Gasteiger partial charge on any atom is 0.378 e. The zero-order valence-electron chi connectivity index (χ0n) is 18.9. The van der Waals surface area contributed by atoms with Gasteiger partial charge in [0.25, 0.3) is 5.08 Å². The molecule has 0 radical (unpaired) electrons. The number of ether oxygens (including phenoxy) is 1. The number of rotatable bonds is 21. The first kappa shape index (κ1) is 29.3. The minimum Gasteiger partial charge on any atom is -0.349 e. The molecular weight excluding hydrogens is 426 g/mol. The second-order valence-corrected chi connectivity index (χ2v) is 11.3. The lowest BCUT2D eigenvalue weighted by molar-refractivity contribution is 0.0802. The van der Waals surface area contributed by atoms with Crippen molar-refractivity contribution in [2.75, 3.05) is 25.6 Å². The largest absolute Gasteiger partial charge is 0.378 e. The first-order valence-corrected chi connectivity index (χ1v) is 14.6. The van der Waals surface area contributed by atoms with Gasteiger partial charge in [0, 0.05) is 6.61 Å². The van der Waals surface area contributed by atoms with Gasteiger partial charge in [-0.1, -0.05) is 64.7 Å². The number of hydrogen-bond acceptors (Lipinski definition) is 6. The van der Waals surface area contributed by atoms with E-state index in [1.54, 1.807) is 38.6 Å². The summed E-state index contributed by atoms with van der Waals surface area (Å²) in [7, 11) is -4.13. The SMILES string of the molecule is CCCCCCCCCCCCSC=CC(OCC)(P=O)P(=O)(OCC)OCC. The van der Waals surface area contributed by atoms with Crippen LogP contribution in [0.2, 0.25) is 0 Å². The average Bonchev–Trinajstić information content (AvgIpc) is 2.71. The summed E-state index contributed by atoms with van der Waals surface area (Å²) < 4.78 is 41.5. The normalized spacial score (nSPS) is 14.6. The smallest absolute Gasteiger partial charge is 0.349 e. The van der Waals surface area contributed by atoms with Crippen molar-refractivity contribution in [1.29, 1.82) is 0 Å². The van der Waals surface area contributed by atoms with E-state index in [-0.39, 0.29) is 19.8 Å². The molecule has 0 aromatic heterocycles. The fourth-order valence-corrected chi connectivity index (χ4v) is 6.71. The van der Waals surface area contributed by atoms with Crippen molar-refractivity contribution < 1.29 is 22.9 Å². The Kier molecular flexibility index (Phi) is 19.2. The van der Waals surface area contributed by atoms with E-state index >= 15 is 0 Å². The maximum absolute atomic E-state index is 13.2. The zero-order chi connectivity index (χ0) is 21.8. The summed E-state index contributed by atoms with van der Waals surface area (Å²) >= 11 is 1.61. The molecule has 0 N–H and O–H groups in total.